The Labute approximate surface area is 84.0 Å². The fourth-order valence-corrected chi connectivity index (χ4v) is 2.03. The van der Waals surface area contributed by atoms with E-state index in [1.807, 2.05) is 6.92 Å². The molecule has 74 valence electrons. The molecule has 0 aliphatic rings. The Morgan fingerprint density at radius 3 is 2.69 bits per heavy atom. The molecule has 0 aliphatic carbocycles. The summed E-state index contributed by atoms with van der Waals surface area (Å²) >= 11 is 1.65. The van der Waals surface area contributed by atoms with E-state index >= 15 is 0 Å². The number of thiazole rings is 1. The van der Waals surface area contributed by atoms with E-state index in [9.17, 15) is 0 Å². The van der Waals surface area contributed by atoms with Gasteiger partial charge in [-0.1, -0.05) is 32.1 Å². The van der Waals surface area contributed by atoms with Crippen LogP contribution in [0.5, 0.6) is 5.06 Å². The highest BCUT2D eigenvalue weighted by Crippen LogP contribution is 2.32. The molecule has 13 heavy (non-hydrogen) atoms. The van der Waals surface area contributed by atoms with Gasteiger partial charge in [0.1, 0.15) is 0 Å². The zero-order chi connectivity index (χ0) is 9.84. The minimum absolute atomic E-state index is 0.455. The lowest BCUT2D eigenvalue weighted by molar-refractivity contribution is 0.321. The molecule has 0 unspecified atom stereocenters. The van der Waals surface area contributed by atoms with Crippen LogP contribution in [-0.4, -0.2) is 11.6 Å². The Kier molecular flexibility index (Phi) is 3.72. The van der Waals surface area contributed by atoms with E-state index in [-0.39, 0.29) is 0 Å². The van der Waals surface area contributed by atoms with Crippen LogP contribution in [0.3, 0.4) is 0 Å². The van der Waals surface area contributed by atoms with Gasteiger partial charge in [-0.3, -0.25) is 0 Å². The summed E-state index contributed by atoms with van der Waals surface area (Å²) in [5.74, 6) is 0.455. The van der Waals surface area contributed by atoms with Crippen molar-refractivity contribution >= 4 is 11.3 Å². The summed E-state index contributed by atoms with van der Waals surface area (Å²) in [6.07, 6.45) is 1.05. The van der Waals surface area contributed by atoms with E-state index in [0.29, 0.717) is 5.92 Å². The minimum Gasteiger partial charge on any atom is -0.483 e. The second-order valence-corrected chi connectivity index (χ2v) is 4.57. The average molecular weight is 199 g/mol. The molecule has 1 aromatic rings. The van der Waals surface area contributed by atoms with Crippen molar-refractivity contribution in [3.63, 3.8) is 0 Å². The van der Waals surface area contributed by atoms with Crippen molar-refractivity contribution in [2.75, 3.05) is 6.61 Å². The number of ether oxygens (including phenoxy) is 1. The van der Waals surface area contributed by atoms with Gasteiger partial charge in [-0.15, -0.1) is 0 Å². The second-order valence-electron chi connectivity index (χ2n) is 3.41. The first-order valence-corrected chi connectivity index (χ1v) is 5.57. The van der Waals surface area contributed by atoms with Gasteiger partial charge < -0.3 is 4.74 Å². The normalized spacial score (nSPS) is 10.8. The lowest BCUT2D eigenvalue weighted by Crippen LogP contribution is -1.97. The van der Waals surface area contributed by atoms with Crippen molar-refractivity contribution in [2.24, 2.45) is 0 Å². The van der Waals surface area contributed by atoms with Crippen molar-refractivity contribution in [3.05, 3.63) is 10.7 Å². The molecule has 0 aliphatic heterocycles. The minimum atomic E-state index is 0.455. The molecule has 0 bridgehead atoms. The number of aryl methyl sites for hydroxylation is 1. The van der Waals surface area contributed by atoms with Crippen molar-refractivity contribution in [1.82, 2.24) is 4.98 Å². The van der Waals surface area contributed by atoms with Gasteiger partial charge in [-0.05, 0) is 13.3 Å². The van der Waals surface area contributed by atoms with E-state index in [0.717, 1.165) is 28.8 Å². The molecule has 0 aromatic carbocycles. The number of nitrogens with zero attached hydrogens (tertiary/aromatic N) is 1. The van der Waals surface area contributed by atoms with Crippen molar-refractivity contribution < 1.29 is 4.74 Å². The maximum absolute atomic E-state index is 5.62. The SMILES string of the molecule is CCCOc1sc(C)nc1C(C)C. The first kappa shape index (κ1) is 10.5. The molecule has 2 nitrogen and oxygen atoms in total. The largest absolute Gasteiger partial charge is 0.483 e. The van der Waals surface area contributed by atoms with Crippen LogP contribution in [0.1, 0.15) is 43.8 Å². The third-order valence-electron chi connectivity index (χ3n) is 1.71. The van der Waals surface area contributed by atoms with Crippen LogP contribution in [0.4, 0.5) is 0 Å². The van der Waals surface area contributed by atoms with Crippen molar-refractivity contribution in [3.8, 4) is 5.06 Å². The summed E-state index contributed by atoms with van der Waals surface area (Å²) in [5, 5.41) is 2.10. The molecule has 0 N–H and O–H groups in total. The number of hydrogen-bond acceptors (Lipinski definition) is 3. The van der Waals surface area contributed by atoms with Gasteiger partial charge >= 0.3 is 0 Å². The average Bonchev–Trinajstić information content (AvgIpc) is 2.43. The molecular formula is C10H17NOS. The van der Waals surface area contributed by atoms with Crippen LogP contribution >= 0.6 is 11.3 Å². The van der Waals surface area contributed by atoms with Crippen LogP contribution in [0, 0.1) is 6.92 Å². The highest BCUT2D eigenvalue weighted by Gasteiger charge is 2.12. The van der Waals surface area contributed by atoms with Gasteiger partial charge in [0, 0.05) is 5.92 Å². The topological polar surface area (TPSA) is 22.1 Å². The van der Waals surface area contributed by atoms with Gasteiger partial charge in [0.15, 0.2) is 5.06 Å². The molecule has 1 rings (SSSR count). The zero-order valence-corrected chi connectivity index (χ0v) is 9.57. The molecule has 0 fully saturated rings. The fourth-order valence-electron chi connectivity index (χ4n) is 1.09. The van der Waals surface area contributed by atoms with Gasteiger partial charge in [0.05, 0.1) is 17.3 Å². The van der Waals surface area contributed by atoms with Crippen LogP contribution in [0.25, 0.3) is 0 Å². The Balaban J connectivity index is 2.78. The second kappa shape index (κ2) is 4.61. The third-order valence-corrected chi connectivity index (χ3v) is 2.61. The van der Waals surface area contributed by atoms with Gasteiger partial charge in [0.2, 0.25) is 0 Å². The maximum atomic E-state index is 5.62. The number of aromatic nitrogens is 1. The predicted molar refractivity (Wildman–Crippen MR) is 56.7 cm³/mol. The molecule has 0 amide bonds. The number of rotatable bonds is 4. The summed E-state index contributed by atoms with van der Waals surface area (Å²) in [6, 6.07) is 0. The highest BCUT2D eigenvalue weighted by atomic mass is 32.1. The Hall–Kier alpha value is -0.570. The Morgan fingerprint density at radius 1 is 1.46 bits per heavy atom. The predicted octanol–water partition coefficient (Wildman–Crippen LogP) is 3.36. The molecule has 0 atom stereocenters. The van der Waals surface area contributed by atoms with E-state index < -0.39 is 0 Å². The summed E-state index contributed by atoms with van der Waals surface area (Å²) in [7, 11) is 0. The molecule has 0 saturated heterocycles. The zero-order valence-electron chi connectivity index (χ0n) is 8.76. The number of hydrogen-bond donors (Lipinski definition) is 0. The van der Waals surface area contributed by atoms with E-state index in [4.69, 9.17) is 4.74 Å². The first-order valence-electron chi connectivity index (χ1n) is 4.75. The lowest BCUT2D eigenvalue weighted by atomic mass is 10.1. The fraction of sp³-hybridized carbons (Fsp3) is 0.700. The van der Waals surface area contributed by atoms with Crippen LogP contribution in [-0.2, 0) is 0 Å². The molecule has 0 spiro atoms. The van der Waals surface area contributed by atoms with Crippen LogP contribution < -0.4 is 4.74 Å². The van der Waals surface area contributed by atoms with Gasteiger partial charge in [-0.25, -0.2) is 4.98 Å². The summed E-state index contributed by atoms with van der Waals surface area (Å²) in [4.78, 5) is 4.46. The molecule has 3 heteroatoms. The Morgan fingerprint density at radius 2 is 2.15 bits per heavy atom. The van der Waals surface area contributed by atoms with Crippen LogP contribution in [0.15, 0.2) is 0 Å². The standard InChI is InChI=1S/C10H17NOS/c1-5-6-12-10-9(7(2)3)11-8(4)13-10/h7H,5-6H2,1-4H3. The molecule has 0 saturated carbocycles. The first-order chi connectivity index (χ1) is 6.15. The third kappa shape index (κ3) is 2.69. The monoisotopic (exact) mass is 199 g/mol. The van der Waals surface area contributed by atoms with E-state index in [1.165, 1.54) is 0 Å². The molecule has 1 heterocycles. The van der Waals surface area contributed by atoms with E-state index in [2.05, 4.69) is 25.8 Å². The quantitative estimate of drug-likeness (QED) is 0.741. The van der Waals surface area contributed by atoms with E-state index in [1.54, 1.807) is 11.3 Å². The van der Waals surface area contributed by atoms with Gasteiger partial charge in [0.25, 0.3) is 0 Å². The molecule has 1 aromatic heterocycles. The highest BCUT2D eigenvalue weighted by molar-refractivity contribution is 7.13. The molecular weight excluding hydrogens is 182 g/mol. The van der Waals surface area contributed by atoms with Gasteiger partial charge in [-0.2, -0.15) is 0 Å². The summed E-state index contributed by atoms with van der Waals surface area (Å²) in [5.41, 5.74) is 1.11. The maximum Gasteiger partial charge on any atom is 0.197 e. The summed E-state index contributed by atoms with van der Waals surface area (Å²) < 4.78 is 5.62. The molecule has 0 radical (unpaired) electrons. The smallest absolute Gasteiger partial charge is 0.197 e. The lowest BCUT2D eigenvalue weighted by Gasteiger charge is -2.05. The van der Waals surface area contributed by atoms with Crippen molar-refractivity contribution in [2.45, 2.75) is 40.0 Å². The van der Waals surface area contributed by atoms with Crippen molar-refractivity contribution in [1.29, 1.82) is 0 Å². The van der Waals surface area contributed by atoms with Crippen LogP contribution in [0.2, 0.25) is 0 Å². The summed E-state index contributed by atoms with van der Waals surface area (Å²) in [6.45, 7) is 9.22. The Bertz CT molecular complexity index is 268.